The molecule has 0 N–H and O–H groups in total. The van der Waals surface area contributed by atoms with Crippen LogP contribution in [0.15, 0.2) is 18.3 Å². The third-order valence-corrected chi connectivity index (χ3v) is 3.42. The lowest BCUT2D eigenvalue weighted by atomic mass is 9.99. The van der Waals surface area contributed by atoms with Crippen molar-refractivity contribution in [1.29, 1.82) is 0 Å². The smallest absolute Gasteiger partial charge is 0.213 e. The largest absolute Gasteiger partial charge is 0.478 e. The molecule has 1 heterocycles. The Labute approximate surface area is 166 Å². The highest BCUT2D eigenvalue weighted by Gasteiger charge is 2.09. The molecule has 152 valence electrons. The summed E-state index contributed by atoms with van der Waals surface area (Å²) in [5.41, 5.74) is 1.06. The van der Waals surface area contributed by atoms with E-state index >= 15 is 0 Å². The van der Waals surface area contributed by atoms with Crippen molar-refractivity contribution in [2.75, 3.05) is 26.4 Å². The number of hydrogen-bond donors (Lipinski definition) is 0. The molecule has 0 aliphatic rings. The molecular weight excluding hydrogens is 338 g/mol. The average Bonchev–Trinajstić information content (AvgIpc) is 2.56. The SMILES string of the molecule is CC(C)(C)COCCCCC#Cc1ccc(OCCCOC(C)(C)C)nc1. The number of nitrogens with zero attached hydrogens (tertiary/aromatic N) is 1. The first-order chi connectivity index (χ1) is 12.7. The van der Waals surface area contributed by atoms with Crippen LogP contribution in [0.1, 0.15) is 72.8 Å². The number of ether oxygens (including phenoxy) is 3. The molecule has 0 saturated heterocycles. The second-order valence-corrected chi connectivity index (χ2v) is 8.92. The molecule has 0 radical (unpaired) electrons. The van der Waals surface area contributed by atoms with E-state index in [9.17, 15) is 0 Å². The molecule has 0 fully saturated rings. The minimum Gasteiger partial charge on any atom is -0.478 e. The van der Waals surface area contributed by atoms with Crippen LogP contribution in [0, 0.1) is 17.3 Å². The maximum absolute atomic E-state index is 5.66. The Morgan fingerprint density at radius 3 is 2.33 bits per heavy atom. The number of unbranched alkanes of at least 4 members (excludes halogenated alkanes) is 2. The van der Waals surface area contributed by atoms with Crippen molar-refractivity contribution in [2.45, 2.75) is 72.8 Å². The summed E-state index contributed by atoms with van der Waals surface area (Å²) in [5, 5.41) is 0. The maximum Gasteiger partial charge on any atom is 0.213 e. The van der Waals surface area contributed by atoms with Crippen LogP contribution in [-0.4, -0.2) is 37.0 Å². The maximum atomic E-state index is 5.66. The quantitative estimate of drug-likeness (QED) is 0.414. The molecule has 1 aromatic heterocycles. The van der Waals surface area contributed by atoms with E-state index < -0.39 is 0 Å². The fourth-order valence-corrected chi connectivity index (χ4v) is 2.11. The van der Waals surface area contributed by atoms with E-state index in [2.05, 4.69) is 58.4 Å². The highest BCUT2D eigenvalue weighted by molar-refractivity contribution is 5.33. The van der Waals surface area contributed by atoms with Crippen LogP contribution in [0.2, 0.25) is 0 Å². The third-order valence-electron chi connectivity index (χ3n) is 3.42. The zero-order chi connectivity index (χ0) is 20.2. The van der Waals surface area contributed by atoms with Gasteiger partial charge in [-0.2, -0.15) is 0 Å². The van der Waals surface area contributed by atoms with E-state index in [1.54, 1.807) is 6.20 Å². The lowest BCUT2D eigenvalue weighted by Crippen LogP contribution is -2.20. The predicted molar refractivity (Wildman–Crippen MR) is 111 cm³/mol. The van der Waals surface area contributed by atoms with Gasteiger partial charge in [-0.1, -0.05) is 32.6 Å². The first-order valence-electron chi connectivity index (χ1n) is 9.95. The van der Waals surface area contributed by atoms with Gasteiger partial charge in [0.15, 0.2) is 0 Å². The Kier molecular flexibility index (Phi) is 10.4. The van der Waals surface area contributed by atoms with Crippen LogP contribution >= 0.6 is 0 Å². The van der Waals surface area contributed by atoms with Crippen molar-refractivity contribution in [1.82, 2.24) is 4.98 Å². The molecule has 0 aliphatic carbocycles. The molecule has 0 amide bonds. The molecule has 0 atom stereocenters. The summed E-state index contributed by atoms with van der Waals surface area (Å²) in [7, 11) is 0. The first kappa shape index (κ1) is 23.5. The van der Waals surface area contributed by atoms with Gasteiger partial charge in [-0.05, 0) is 45.1 Å². The van der Waals surface area contributed by atoms with Gasteiger partial charge in [0.1, 0.15) is 0 Å². The Bertz CT molecular complexity index is 571. The highest BCUT2D eigenvalue weighted by Crippen LogP contribution is 2.13. The third kappa shape index (κ3) is 14.2. The number of pyridine rings is 1. The van der Waals surface area contributed by atoms with Crippen LogP contribution in [0.25, 0.3) is 0 Å². The fourth-order valence-electron chi connectivity index (χ4n) is 2.11. The fraction of sp³-hybridized carbons (Fsp3) is 0.696. The molecule has 27 heavy (non-hydrogen) atoms. The Morgan fingerprint density at radius 2 is 1.70 bits per heavy atom. The summed E-state index contributed by atoms with van der Waals surface area (Å²) >= 11 is 0. The van der Waals surface area contributed by atoms with E-state index in [1.165, 1.54) is 0 Å². The second kappa shape index (κ2) is 12.0. The summed E-state index contributed by atoms with van der Waals surface area (Å²) < 4.78 is 16.9. The summed E-state index contributed by atoms with van der Waals surface area (Å²) in [6.07, 6.45) is 5.60. The summed E-state index contributed by atoms with van der Waals surface area (Å²) in [6, 6.07) is 3.82. The van der Waals surface area contributed by atoms with Crippen molar-refractivity contribution in [3.8, 4) is 17.7 Å². The molecule has 1 rings (SSSR count). The summed E-state index contributed by atoms with van der Waals surface area (Å²) in [6.45, 7) is 15.6. The van der Waals surface area contributed by atoms with Crippen molar-refractivity contribution in [3.63, 3.8) is 0 Å². The zero-order valence-electron chi connectivity index (χ0n) is 18.1. The van der Waals surface area contributed by atoms with Gasteiger partial charge in [0.2, 0.25) is 5.88 Å². The van der Waals surface area contributed by atoms with E-state index in [0.29, 0.717) is 19.1 Å². The monoisotopic (exact) mass is 375 g/mol. The van der Waals surface area contributed by atoms with Gasteiger partial charge in [-0.15, -0.1) is 0 Å². The molecule has 0 aromatic carbocycles. The Balaban J connectivity index is 2.15. The van der Waals surface area contributed by atoms with E-state index in [4.69, 9.17) is 14.2 Å². The topological polar surface area (TPSA) is 40.6 Å². The van der Waals surface area contributed by atoms with Gasteiger partial charge < -0.3 is 14.2 Å². The van der Waals surface area contributed by atoms with E-state index in [1.807, 2.05) is 12.1 Å². The van der Waals surface area contributed by atoms with Crippen LogP contribution in [0.4, 0.5) is 0 Å². The van der Waals surface area contributed by atoms with Gasteiger partial charge in [0.25, 0.3) is 0 Å². The Morgan fingerprint density at radius 1 is 0.926 bits per heavy atom. The normalized spacial score (nSPS) is 11.8. The molecule has 1 aromatic rings. The second-order valence-electron chi connectivity index (χ2n) is 8.92. The minimum absolute atomic E-state index is 0.0992. The molecule has 0 bridgehead atoms. The van der Waals surface area contributed by atoms with Crippen LogP contribution in [0.5, 0.6) is 5.88 Å². The molecule has 0 spiro atoms. The average molecular weight is 376 g/mol. The van der Waals surface area contributed by atoms with Gasteiger partial charge in [0, 0.05) is 37.3 Å². The van der Waals surface area contributed by atoms with Crippen molar-refractivity contribution >= 4 is 0 Å². The zero-order valence-corrected chi connectivity index (χ0v) is 18.1. The van der Waals surface area contributed by atoms with E-state index in [-0.39, 0.29) is 11.0 Å². The van der Waals surface area contributed by atoms with Gasteiger partial charge in [-0.3, -0.25) is 0 Å². The van der Waals surface area contributed by atoms with Gasteiger partial charge in [0.05, 0.1) is 25.4 Å². The Hall–Kier alpha value is -1.57. The highest BCUT2D eigenvalue weighted by atomic mass is 16.5. The predicted octanol–water partition coefficient (Wildman–Crippen LogP) is 5.25. The molecular formula is C23H37NO3. The van der Waals surface area contributed by atoms with Crippen LogP contribution in [0.3, 0.4) is 0 Å². The minimum atomic E-state index is -0.0992. The van der Waals surface area contributed by atoms with E-state index in [0.717, 1.165) is 44.5 Å². The number of hydrogen-bond acceptors (Lipinski definition) is 4. The first-order valence-corrected chi connectivity index (χ1v) is 9.95. The number of rotatable bonds is 10. The van der Waals surface area contributed by atoms with Gasteiger partial charge >= 0.3 is 0 Å². The van der Waals surface area contributed by atoms with Crippen LogP contribution < -0.4 is 4.74 Å². The molecule has 4 heteroatoms. The summed E-state index contributed by atoms with van der Waals surface area (Å²) in [5.74, 6) is 6.98. The lowest BCUT2D eigenvalue weighted by Gasteiger charge is -2.19. The van der Waals surface area contributed by atoms with Crippen LogP contribution in [-0.2, 0) is 9.47 Å². The van der Waals surface area contributed by atoms with Crippen molar-refractivity contribution in [3.05, 3.63) is 23.9 Å². The molecule has 0 saturated carbocycles. The molecule has 0 aliphatic heterocycles. The standard InChI is InChI=1S/C23H37NO3/c1-22(2,3)19-25-15-10-8-7-9-12-20-13-14-21(24-18-20)26-16-11-17-27-23(4,5)6/h13-14,18H,7-8,10-11,15-17,19H2,1-6H3. The van der Waals surface area contributed by atoms with Crippen molar-refractivity contribution in [2.24, 2.45) is 5.41 Å². The van der Waals surface area contributed by atoms with Crippen molar-refractivity contribution < 1.29 is 14.2 Å². The van der Waals surface area contributed by atoms with Gasteiger partial charge in [-0.25, -0.2) is 4.98 Å². The molecule has 0 unspecified atom stereocenters. The summed E-state index contributed by atoms with van der Waals surface area (Å²) in [4.78, 5) is 4.30. The number of aromatic nitrogens is 1. The lowest BCUT2D eigenvalue weighted by molar-refractivity contribution is -0.00782. The molecule has 4 nitrogen and oxygen atoms in total.